The number of unbranched alkanes of at least 4 members (excludes halogenated alkanes) is 2. The maximum atomic E-state index is 13.7. The second kappa shape index (κ2) is 9.85. The zero-order valence-electron chi connectivity index (χ0n) is 20.6. The summed E-state index contributed by atoms with van der Waals surface area (Å²) in [5.74, 6) is 1.22. The number of para-hydroxylation sites is 1. The van der Waals surface area contributed by atoms with Gasteiger partial charge in [-0.15, -0.1) is 0 Å². The summed E-state index contributed by atoms with van der Waals surface area (Å²) in [5, 5.41) is 0.427. The van der Waals surface area contributed by atoms with E-state index < -0.39 is 11.9 Å². The second-order valence-corrected chi connectivity index (χ2v) is 8.91. The molecule has 3 heterocycles. The zero-order valence-corrected chi connectivity index (χ0v) is 20.6. The van der Waals surface area contributed by atoms with Crippen LogP contribution in [-0.4, -0.2) is 24.6 Å². The zero-order chi connectivity index (χ0) is 25.2. The molecule has 2 aromatic carbocycles. The van der Waals surface area contributed by atoms with Gasteiger partial charge in [-0.1, -0.05) is 38.0 Å². The highest BCUT2D eigenvalue weighted by Crippen LogP contribution is 2.42. The summed E-state index contributed by atoms with van der Waals surface area (Å²) in [6.07, 6.45) is 4.79. The summed E-state index contributed by atoms with van der Waals surface area (Å²) in [5.41, 5.74) is 2.08. The van der Waals surface area contributed by atoms with E-state index in [9.17, 15) is 9.59 Å². The molecule has 2 aromatic heterocycles. The lowest BCUT2D eigenvalue weighted by atomic mass is 9.98. The first-order valence-electron chi connectivity index (χ1n) is 12.2. The van der Waals surface area contributed by atoms with Crippen molar-refractivity contribution in [2.75, 3.05) is 18.6 Å². The number of ether oxygens (including phenoxy) is 2. The number of rotatable bonds is 8. The van der Waals surface area contributed by atoms with E-state index in [1.165, 1.54) is 4.90 Å². The van der Waals surface area contributed by atoms with Crippen LogP contribution in [0, 0.1) is 6.92 Å². The maximum Gasteiger partial charge on any atom is 0.296 e. The first kappa shape index (κ1) is 23.6. The smallest absolute Gasteiger partial charge is 0.296 e. The van der Waals surface area contributed by atoms with Gasteiger partial charge in [-0.2, -0.15) is 0 Å². The lowest BCUT2D eigenvalue weighted by Gasteiger charge is -2.25. The van der Waals surface area contributed by atoms with Crippen molar-refractivity contribution in [1.82, 2.24) is 4.98 Å². The molecule has 4 aromatic rings. The molecule has 0 saturated heterocycles. The Kier molecular flexibility index (Phi) is 6.46. The first-order valence-corrected chi connectivity index (χ1v) is 12.2. The van der Waals surface area contributed by atoms with Crippen LogP contribution in [0.25, 0.3) is 11.0 Å². The van der Waals surface area contributed by atoms with E-state index in [4.69, 9.17) is 13.9 Å². The van der Waals surface area contributed by atoms with Crippen molar-refractivity contribution >= 4 is 22.7 Å². The number of fused-ring (bicyclic) bond motifs is 2. The minimum atomic E-state index is -0.731. The average Bonchev–Trinajstić information content (AvgIpc) is 3.19. The number of nitrogens with zero attached hydrogens (tertiary/aromatic N) is 2. The minimum Gasteiger partial charge on any atom is -0.493 e. The van der Waals surface area contributed by atoms with Gasteiger partial charge < -0.3 is 13.9 Å². The van der Waals surface area contributed by atoms with Crippen LogP contribution in [-0.2, 0) is 0 Å². The molecule has 7 nitrogen and oxygen atoms in total. The largest absolute Gasteiger partial charge is 0.493 e. The van der Waals surface area contributed by atoms with Crippen LogP contribution < -0.4 is 19.8 Å². The molecule has 0 saturated carbocycles. The quantitative estimate of drug-likeness (QED) is 0.293. The van der Waals surface area contributed by atoms with Crippen molar-refractivity contribution in [1.29, 1.82) is 0 Å². The van der Waals surface area contributed by atoms with Gasteiger partial charge in [0.1, 0.15) is 11.4 Å². The van der Waals surface area contributed by atoms with Crippen LogP contribution in [0.4, 0.5) is 5.82 Å². The Hall–Kier alpha value is -4.13. The van der Waals surface area contributed by atoms with Crippen molar-refractivity contribution in [3.05, 3.63) is 93.5 Å². The molecule has 0 N–H and O–H groups in total. The van der Waals surface area contributed by atoms with E-state index in [1.807, 2.05) is 37.3 Å². The Bertz CT molecular complexity index is 1490. The first-order chi connectivity index (χ1) is 17.5. The van der Waals surface area contributed by atoms with Crippen LogP contribution in [0.15, 0.2) is 70.0 Å². The van der Waals surface area contributed by atoms with Gasteiger partial charge in [0.05, 0.1) is 30.7 Å². The van der Waals surface area contributed by atoms with E-state index in [2.05, 4.69) is 11.9 Å². The van der Waals surface area contributed by atoms with Crippen LogP contribution in [0.1, 0.15) is 59.5 Å². The Labute approximate surface area is 209 Å². The fraction of sp³-hybridized carbons (Fsp3) is 0.276. The van der Waals surface area contributed by atoms with Crippen molar-refractivity contribution < 1.29 is 18.7 Å². The molecule has 7 heteroatoms. The molecule has 0 spiro atoms. The van der Waals surface area contributed by atoms with Crippen LogP contribution in [0.2, 0.25) is 0 Å². The Morgan fingerprint density at radius 2 is 1.86 bits per heavy atom. The molecule has 184 valence electrons. The molecule has 0 fully saturated rings. The molecule has 5 rings (SSSR count). The Balaban J connectivity index is 1.66. The highest BCUT2D eigenvalue weighted by molar-refractivity contribution is 6.10. The third kappa shape index (κ3) is 4.11. The van der Waals surface area contributed by atoms with Gasteiger partial charge in [0.2, 0.25) is 5.76 Å². The van der Waals surface area contributed by atoms with Gasteiger partial charge in [0, 0.05) is 6.20 Å². The van der Waals surface area contributed by atoms with Crippen LogP contribution in [0.5, 0.6) is 11.5 Å². The molecule has 0 aliphatic carbocycles. The van der Waals surface area contributed by atoms with Gasteiger partial charge in [0.25, 0.3) is 5.91 Å². The fourth-order valence-corrected chi connectivity index (χ4v) is 4.63. The third-order valence-electron chi connectivity index (χ3n) is 6.43. The summed E-state index contributed by atoms with van der Waals surface area (Å²) in [4.78, 5) is 33.4. The van der Waals surface area contributed by atoms with Crippen molar-refractivity contribution in [2.24, 2.45) is 0 Å². The predicted octanol–water partition coefficient (Wildman–Crippen LogP) is 5.82. The molecule has 0 radical (unpaired) electrons. The number of carbonyl (C=O) groups is 1. The number of benzene rings is 2. The molecular weight excluding hydrogens is 456 g/mol. The van der Waals surface area contributed by atoms with Gasteiger partial charge in [-0.05, 0) is 60.9 Å². The Morgan fingerprint density at radius 1 is 1.03 bits per heavy atom. The molecule has 0 unspecified atom stereocenters. The van der Waals surface area contributed by atoms with E-state index in [-0.39, 0.29) is 11.2 Å². The topological polar surface area (TPSA) is 81.9 Å². The number of aryl methyl sites for hydroxylation is 1. The number of amides is 1. The summed E-state index contributed by atoms with van der Waals surface area (Å²) in [6, 6.07) is 15.4. The molecule has 36 heavy (non-hydrogen) atoms. The number of pyridine rings is 1. The highest BCUT2D eigenvalue weighted by atomic mass is 16.5. The summed E-state index contributed by atoms with van der Waals surface area (Å²) >= 11 is 0. The monoisotopic (exact) mass is 484 g/mol. The van der Waals surface area contributed by atoms with E-state index in [1.54, 1.807) is 37.6 Å². The molecule has 1 amide bonds. The van der Waals surface area contributed by atoms with Crippen molar-refractivity contribution in [3.8, 4) is 11.5 Å². The van der Waals surface area contributed by atoms with E-state index in [0.29, 0.717) is 46.0 Å². The predicted molar refractivity (Wildman–Crippen MR) is 138 cm³/mol. The van der Waals surface area contributed by atoms with Gasteiger partial charge in [0.15, 0.2) is 16.9 Å². The van der Waals surface area contributed by atoms with Gasteiger partial charge in [-0.3, -0.25) is 14.5 Å². The highest BCUT2D eigenvalue weighted by Gasteiger charge is 2.44. The van der Waals surface area contributed by atoms with Crippen molar-refractivity contribution in [3.63, 3.8) is 0 Å². The molecule has 1 atom stereocenters. The normalized spacial score (nSPS) is 14.8. The number of methoxy groups -OCH3 is 1. The van der Waals surface area contributed by atoms with Crippen LogP contribution in [0.3, 0.4) is 0 Å². The van der Waals surface area contributed by atoms with E-state index >= 15 is 0 Å². The molecule has 1 aliphatic heterocycles. The number of hydrogen-bond donors (Lipinski definition) is 0. The third-order valence-corrected chi connectivity index (χ3v) is 6.43. The van der Waals surface area contributed by atoms with E-state index in [0.717, 1.165) is 24.8 Å². The fourth-order valence-electron chi connectivity index (χ4n) is 4.63. The number of aromatic nitrogens is 1. The SMILES string of the molecule is CCCCCOc1ccc([C@H]2c3c(oc4ccccc4c3=O)C(=O)N2c2cc(C)ccn2)cc1OC. The molecule has 1 aliphatic rings. The maximum absolute atomic E-state index is 13.7. The summed E-state index contributed by atoms with van der Waals surface area (Å²) in [7, 11) is 1.58. The molecule has 0 bridgehead atoms. The van der Waals surface area contributed by atoms with Crippen molar-refractivity contribution in [2.45, 2.75) is 39.2 Å². The summed E-state index contributed by atoms with van der Waals surface area (Å²) in [6.45, 7) is 4.66. The second-order valence-electron chi connectivity index (χ2n) is 8.91. The summed E-state index contributed by atoms with van der Waals surface area (Å²) < 4.78 is 17.6. The Morgan fingerprint density at radius 3 is 2.64 bits per heavy atom. The standard InChI is InChI=1S/C29H28N2O5/c1-4-5-8-15-35-22-12-11-19(17-23(22)34-3)26-25-27(32)20-9-6-7-10-21(20)36-28(25)29(33)31(26)24-16-18(2)13-14-30-24/h6-7,9-14,16-17,26H,4-5,8,15H2,1-3H3/t26-/m0/s1. The lowest BCUT2D eigenvalue weighted by molar-refractivity contribution is 0.0970. The number of hydrogen-bond acceptors (Lipinski definition) is 6. The number of anilines is 1. The lowest BCUT2D eigenvalue weighted by Crippen LogP contribution is -2.30. The minimum absolute atomic E-state index is 0.0332. The van der Waals surface area contributed by atoms with Gasteiger partial charge >= 0.3 is 0 Å². The number of carbonyl (C=O) groups excluding carboxylic acids is 1. The van der Waals surface area contributed by atoms with Crippen LogP contribution >= 0.6 is 0 Å². The average molecular weight is 485 g/mol. The molecular formula is C29H28N2O5. The van der Waals surface area contributed by atoms with Gasteiger partial charge in [-0.25, -0.2) is 4.98 Å².